The van der Waals surface area contributed by atoms with Crippen LogP contribution in [-0.4, -0.2) is 34.2 Å². The second-order valence-electron chi connectivity index (χ2n) is 10.6. The largest absolute Gasteiger partial charge is 0.484 e. The van der Waals surface area contributed by atoms with E-state index in [-0.39, 0.29) is 0 Å². The van der Waals surface area contributed by atoms with Crippen molar-refractivity contribution >= 4 is 40.6 Å². The second-order valence-corrected chi connectivity index (χ2v) is 12.0. The molecule has 1 atom stereocenters. The lowest BCUT2D eigenvalue weighted by Crippen LogP contribution is -2.39. The minimum atomic E-state index is -0.579. The Morgan fingerprint density at radius 3 is 2.62 bits per heavy atom. The number of esters is 1. The lowest BCUT2D eigenvalue weighted by Gasteiger charge is -2.24. The molecule has 0 radical (unpaired) electrons. The summed E-state index contributed by atoms with van der Waals surface area (Å²) in [5, 5.41) is 3.51. The van der Waals surface area contributed by atoms with E-state index in [4.69, 9.17) is 25.8 Å². The Balaban J connectivity index is 1.38. The fourth-order valence-electron chi connectivity index (χ4n) is 4.46. The number of halogens is 1. The molecular weight excluding hydrogens is 538 g/mol. The van der Waals surface area contributed by atoms with E-state index in [0.717, 1.165) is 40.2 Å². The molecule has 10 heteroatoms. The third-order valence-corrected chi connectivity index (χ3v) is 7.97. The number of carbonyl (C=O) groups excluding carboxylic acids is 2. The lowest BCUT2D eigenvalue weighted by atomic mass is 10.0. The van der Waals surface area contributed by atoms with Crippen molar-refractivity contribution in [1.82, 2.24) is 14.7 Å². The van der Waals surface area contributed by atoms with Crippen LogP contribution in [0.5, 0.6) is 5.75 Å². The second kappa shape index (κ2) is 10.2. The van der Waals surface area contributed by atoms with Gasteiger partial charge >= 0.3 is 12.1 Å². The fourth-order valence-corrected chi connectivity index (χ4v) is 5.81. The van der Waals surface area contributed by atoms with Crippen molar-refractivity contribution in [3.63, 3.8) is 0 Å². The fraction of sp³-hybridized carbons (Fsp3) is 0.345. The zero-order valence-corrected chi connectivity index (χ0v) is 24.0. The molecule has 0 unspecified atom stereocenters. The van der Waals surface area contributed by atoms with Crippen LogP contribution in [-0.2, 0) is 15.0 Å². The number of carbonyl (C=O) groups is 2. The number of nitrogens with zero attached hydrogens (tertiary/aromatic N) is 2. The third-order valence-electron chi connectivity index (χ3n) is 6.52. The van der Waals surface area contributed by atoms with Crippen LogP contribution >= 0.6 is 22.9 Å². The number of methoxy groups -OCH3 is 1. The summed E-state index contributed by atoms with van der Waals surface area (Å²) in [6, 6.07) is 13.3. The van der Waals surface area contributed by atoms with Crippen molar-refractivity contribution in [1.29, 1.82) is 0 Å². The maximum atomic E-state index is 12.6. The van der Waals surface area contributed by atoms with Gasteiger partial charge in [0.1, 0.15) is 23.1 Å². The summed E-state index contributed by atoms with van der Waals surface area (Å²) in [7, 11) is 1.35. The number of amides is 1. The minimum absolute atomic E-state index is 0.358. The molecule has 1 amide bonds. The predicted octanol–water partition coefficient (Wildman–Crippen LogP) is 7.16. The van der Waals surface area contributed by atoms with Gasteiger partial charge in [0.25, 0.3) is 0 Å². The normalized spacial score (nSPS) is 15.0. The number of nitrogens with one attached hydrogen (secondary N) is 1. The van der Waals surface area contributed by atoms with Crippen molar-refractivity contribution < 1.29 is 23.8 Å². The van der Waals surface area contributed by atoms with E-state index in [2.05, 4.69) is 10.3 Å². The summed E-state index contributed by atoms with van der Waals surface area (Å²) in [5.41, 5.74) is 2.25. The molecular formula is C29H30ClN3O5S. The lowest BCUT2D eigenvalue weighted by molar-refractivity contribution is 0.0494. The van der Waals surface area contributed by atoms with Crippen molar-refractivity contribution in [3.8, 4) is 16.3 Å². The van der Waals surface area contributed by atoms with Crippen LogP contribution in [0, 0.1) is 0 Å². The highest BCUT2D eigenvalue weighted by molar-refractivity contribution is 7.17. The monoisotopic (exact) mass is 567 g/mol. The van der Waals surface area contributed by atoms with Gasteiger partial charge in [-0.05, 0) is 64.3 Å². The highest BCUT2D eigenvalue weighted by Gasteiger charge is 2.47. The molecule has 39 heavy (non-hydrogen) atoms. The average molecular weight is 568 g/mol. The van der Waals surface area contributed by atoms with Crippen LogP contribution in [0.2, 0.25) is 5.02 Å². The van der Waals surface area contributed by atoms with Gasteiger partial charge in [0.05, 0.1) is 29.4 Å². The zero-order valence-electron chi connectivity index (χ0n) is 22.4. The van der Waals surface area contributed by atoms with Crippen LogP contribution in [0.4, 0.5) is 4.79 Å². The Morgan fingerprint density at radius 1 is 1.18 bits per heavy atom. The molecule has 0 saturated heterocycles. The third kappa shape index (κ3) is 5.60. The number of imidazole rings is 1. The molecule has 204 valence electrons. The zero-order chi connectivity index (χ0) is 27.9. The molecule has 0 aliphatic heterocycles. The molecule has 5 rings (SSSR count). The standard InChI is InChI=1S/C29H30ClN3O5S/c1-17(19-10-9-18(14-20(19)30)29(11-12-29)32-27(35)38-28(2,3)4)37-22-15-23(39-25(22)26(34)36-5)21-16-31-24-8-6-7-13-33(21)24/h6-10,13-17H,11-12H2,1-5H3,(H,32,35)/t17-/m1/s1. The summed E-state index contributed by atoms with van der Waals surface area (Å²) < 4.78 is 18.7. The number of hydrogen-bond acceptors (Lipinski definition) is 7. The maximum absolute atomic E-state index is 12.6. The molecule has 4 aromatic rings. The first-order valence-electron chi connectivity index (χ1n) is 12.6. The Labute approximate surface area is 235 Å². The van der Waals surface area contributed by atoms with Gasteiger partial charge in [-0.25, -0.2) is 14.6 Å². The van der Waals surface area contributed by atoms with Crippen LogP contribution in [0.25, 0.3) is 16.2 Å². The van der Waals surface area contributed by atoms with Gasteiger partial charge in [0.15, 0.2) is 4.88 Å². The van der Waals surface area contributed by atoms with Crippen molar-refractivity contribution in [2.24, 2.45) is 0 Å². The van der Waals surface area contributed by atoms with Gasteiger partial charge in [0, 0.05) is 22.8 Å². The topological polar surface area (TPSA) is 91.2 Å². The van der Waals surface area contributed by atoms with Crippen LogP contribution in [0.1, 0.15) is 67.4 Å². The highest BCUT2D eigenvalue weighted by Crippen LogP contribution is 2.47. The minimum Gasteiger partial charge on any atom is -0.484 e. The molecule has 1 aliphatic carbocycles. The maximum Gasteiger partial charge on any atom is 0.408 e. The number of pyridine rings is 1. The Morgan fingerprint density at radius 2 is 1.95 bits per heavy atom. The Kier molecular flexibility index (Phi) is 7.07. The van der Waals surface area contributed by atoms with Gasteiger partial charge < -0.3 is 19.5 Å². The Bertz CT molecular complexity index is 1550. The first-order valence-corrected chi connectivity index (χ1v) is 13.8. The van der Waals surface area contributed by atoms with Crippen molar-refractivity contribution in [2.45, 2.75) is 57.8 Å². The number of alkyl carbamates (subject to hydrolysis) is 1. The Hall–Kier alpha value is -3.56. The predicted molar refractivity (Wildman–Crippen MR) is 151 cm³/mol. The molecule has 1 aromatic carbocycles. The molecule has 0 bridgehead atoms. The van der Waals surface area contributed by atoms with Crippen molar-refractivity contribution in [3.05, 3.63) is 75.9 Å². The number of hydrogen-bond donors (Lipinski definition) is 1. The van der Waals surface area contributed by atoms with E-state index < -0.39 is 29.3 Å². The van der Waals surface area contributed by atoms with E-state index in [1.165, 1.54) is 18.4 Å². The van der Waals surface area contributed by atoms with E-state index in [0.29, 0.717) is 15.6 Å². The number of aromatic nitrogens is 2. The number of ether oxygens (including phenoxy) is 3. The van der Waals surface area contributed by atoms with E-state index in [9.17, 15) is 9.59 Å². The molecule has 3 heterocycles. The summed E-state index contributed by atoms with van der Waals surface area (Å²) in [4.78, 5) is 30.6. The smallest absolute Gasteiger partial charge is 0.408 e. The van der Waals surface area contributed by atoms with Gasteiger partial charge in [-0.2, -0.15) is 0 Å². The van der Waals surface area contributed by atoms with Gasteiger partial charge in [-0.1, -0.05) is 29.8 Å². The molecule has 1 aliphatic rings. The van der Waals surface area contributed by atoms with E-state index >= 15 is 0 Å². The summed E-state index contributed by atoms with van der Waals surface area (Å²) in [5.74, 6) is -0.0711. The first-order chi connectivity index (χ1) is 18.5. The molecule has 1 saturated carbocycles. The molecule has 0 spiro atoms. The molecule has 1 N–H and O–H groups in total. The SMILES string of the molecule is COC(=O)c1sc(-c2cnc3ccccn23)cc1O[C@H](C)c1ccc(C2(NC(=O)OC(C)(C)C)CC2)cc1Cl. The van der Waals surface area contributed by atoms with Gasteiger partial charge in [-0.15, -0.1) is 11.3 Å². The first kappa shape index (κ1) is 27.0. The van der Waals surface area contributed by atoms with Gasteiger partial charge in [-0.3, -0.25) is 4.40 Å². The molecule has 8 nitrogen and oxygen atoms in total. The number of thiophene rings is 1. The summed E-state index contributed by atoms with van der Waals surface area (Å²) in [6.07, 6.45) is 4.38. The van der Waals surface area contributed by atoms with E-state index in [1.807, 2.05) is 80.8 Å². The van der Waals surface area contributed by atoms with Crippen LogP contribution < -0.4 is 10.1 Å². The number of benzene rings is 1. The molecule has 3 aromatic heterocycles. The van der Waals surface area contributed by atoms with Crippen molar-refractivity contribution in [2.75, 3.05) is 7.11 Å². The average Bonchev–Trinajstić information content (AvgIpc) is 3.33. The number of rotatable bonds is 7. The van der Waals surface area contributed by atoms with E-state index in [1.54, 1.807) is 6.20 Å². The summed E-state index contributed by atoms with van der Waals surface area (Å²) >= 11 is 8.01. The van der Waals surface area contributed by atoms with Gasteiger partial charge in [0.2, 0.25) is 0 Å². The quantitative estimate of drug-likeness (QED) is 0.238. The summed E-state index contributed by atoms with van der Waals surface area (Å²) in [6.45, 7) is 7.37. The highest BCUT2D eigenvalue weighted by atomic mass is 35.5. The van der Waals surface area contributed by atoms with Crippen LogP contribution in [0.3, 0.4) is 0 Å². The molecule has 1 fully saturated rings. The number of fused-ring (bicyclic) bond motifs is 1. The van der Waals surface area contributed by atoms with Crippen LogP contribution in [0.15, 0.2) is 54.9 Å².